The number of benzene rings is 1. The largest absolute Gasteiger partial charge is 0.382 e. The Morgan fingerprint density at radius 3 is 2.95 bits per heavy atom. The predicted octanol–water partition coefficient (Wildman–Crippen LogP) is 2.05. The molecule has 2 aromatic rings. The number of fused-ring (bicyclic) bond motifs is 1. The third-order valence-corrected chi connectivity index (χ3v) is 3.58. The maximum Gasteiger partial charge on any atom is 0.261 e. The van der Waals surface area contributed by atoms with E-state index >= 15 is 0 Å². The molecule has 6 heteroatoms. The quantitative estimate of drug-likeness (QED) is 0.538. The van der Waals surface area contributed by atoms with Gasteiger partial charge in [-0.3, -0.25) is 9.36 Å². The molecule has 0 saturated heterocycles. The van der Waals surface area contributed by atoms with Crippen molar-refractivity contribution in [2.24, 2.45) is 0 Å². The summed E-state index contributed by atoms with van der Waals surface area (Å²) in [5.74, 6) is 0. The minimum absolute atomic E-state index is 0.00501. The molecule has 2 rings (SSSR count). The van der Waals surface area contributed by atoms with E-state index in [-0.39, 0.29) is 5.56 Å². The number of ether oxygens (including phenoxy) is 2. The normalized spacial score (nSPS) is 11.1. The molecule has 0 unspecified atom stereocenters. The highest BCUT2D eigenvalue weighted by Crippen LogP contribution is 2.11. The number of aromatic nitrogens is 2. The van der Waals surface area contributed by atoms with Gasteiger partial charge in [0.25, 0.3) is 5.56 Å². The Bertz CT molecular complexity index is 627. The van der Waals surface area contributed by atoms with Crippen LogP contribution in [0.2, 0.25) is 0 Å². The Balaban J connectivity index is 2.00. The van der Waals surface area contributed by atoms with Crippen LogP contribution >= 0.6 is 22.6 Å². The predicted molar refractivity (Wildman–Crippen MR) is 86.0 cm³/mol. The van der Waals surface area contributed by atoms with Crippen LogP contribution in [0, 0.1) is 3.57 Å². The molecule has 1 aromatic heterocycles. The fourth-order valence-corrected chi connectivity index (χ4v) is 2.36. The van der Waals surface area contributed by atoms with Crippen LogP contribution in [0.15, 0.2) is 29.3 Å². The van der Waals surface area contributed by atoms with Crippen molar-refractivity contribution in [1.82, 2.24) is 9.55 Å². The van der Waals surface area contributed by atoms with Gasteiger partial charge in [0.2, 0.25) is 0 Å². The van der Waals surface area contributed by atoms with Crippen molar-refractivity contribution < 1.29 is 9.47 Å². The summed E-state index contributed by atoms with van der Waals surface area (Å²) in [5.41, 5.74) is 0.744. The minimum atomic E-state index is 0.00501. The van der Waals surface area contributed by atoms with Gasteiger partial charge in [-0.15, -0.1) is 0 Å². The van der Waals surface area contributed by atoms with Crippen LogP contribution in [0.3, 0.4) is 0 Å². The lowest BCUT2D eigenvalue weighted by molar-refractivity contribution is 0.0679. The molecule has 0 fully saturated rings. The topological polar surface area (TPSA) is 53.4 Å². The lowest BCUT2D eigenvalue weighted by Gasteiger charge is -2.07. The van der Waals surface area contributed by atoms with Gasteiger partial charge in [0.05, 0.1) is 30.4 Å². The molecule has 0 aliphatic carbocycles. The molecule has 0 bridgehead atoms. The highest BCUT2D eigenvalue weighted by molar-refractivity contribution is 14.1. The second-order valence-electron chi connectivity index (χ2n) is 4.36. The number of methoxy groups -OCH3 is 1. The molecule has 0 aliphatic heterocycles. The van der Waals surface area contributed by atoms with E-state index < -0.39 is 0 Å². The van der Waals surface area contributed by atoms with Crippen molar-refractivity contribution in [2.45, 2.75) is 13.0 Å². The van der Waals surface area contributed by atoms with Crippen LogP contribution in [0.25, 0.3) is 10.9 Å². The van der Waals surface area contributed by atoms with Crippen LogP contribution in [0.1, 0.15) is 6.42 Å². The minimum Gasteiger partial charge on any atom is -0.382 e. The maximum atomic E-state index is 12.3. The van der Waals surface area contributed by atoms with E-state index in [1.165, 1.54) is 0 Å². The molecular weight excluding hydrogens is 371 g/mol. The average Bonchev–Trinajstić information content (AvgIpc) is 2.45. The number of halogens is 1. The third kappa shape index (κ3) is 4.00. The maximum absolute atomic E-state index is 12.3. The summed E-state index contributed by atoms with van der Waals surface area (Å²) in [4.78, 5) is 16.6. The molecule has 0 N–H and O–H groups in total. The van der Waals surface area contributed by atoms with Gasteiger partial charge in [0, 0.05) is 23.8 Å². The first-order valence-corrected chi connectivity index (χ1v) is 7.51. The summed E-state index contributed by atoms with van der Waals surface area (Å²) < 4.78 is 12.9. The first kappa shape index (κ1) is 15.4. The van der Waals surface area contributed by atoms with E-state index in [0.29, 0.717) is 31.8 Å². The van der Waals surface area contributed by atoms with Crippen molar-refractivity contribution in [3.8, 4) is 0 Å². The molecule has 0 amide bonds. The van der Waals surface area contributed by atoms with Crippen LogP contribution in [-0.2, 0) is 16.0 Å². The molecular formula is C14H17IN2O3. The van der Waals surface area contributed by atoms with Crippen molar-refractivity contribution in [3.05, 3.63) is 38.5 Å². The molecule has 20 heavy (non-hydrogen) atoms. The molecule has 1 heterocycles. The second-order valence-corrected chi connectivity index (χ2v) is 5.61. The highest BCUT2D eigenvalue weighted by atomic mass is 127. The Morgan fingerprint density at radius 1 is 1.30 bits per heavy atom. The van der Waals surface area contributed by atoms with E-state index in [9.17, 15) is 4.79 Å². The first-order valence-electron chi connectivity index (χ1n) is 6.44. The van der Waals surface area contributed by atoms with Crippen LogP contribution in [0.4, 0.5) is 0 Å². The number of aryl methyl sites for hydroxylation is 1. The lowest BCUT2D eigenvalue weighted by Crippen LogP contribution is -2.21. The van der Waals surface area contributed by atoms with Crippen LogP contribution < -0.4 is 5.56 Å². The van der Waals surface area contributed by atoms with Gasteiger partial charge < -0.3 is 9.47 Å². The number of nitrogens with zero attached hydrogens (tertiary/aromatic N) is 2. The zero-order valence-electron chi connectivity index (χ0n) is 11.3. The third-order valence-electron chi connectivity index (χ3n) is 2.91. The molecule has 0 saturated carbocycles. The van der Waals surface area contributed by atoms with Gasteiger partial charge in [0.15, 0.2) is 0 Å². The summed E-state index contributed by atoms with van der Waals surface area (Å²) in [5, 5.41) is 0.666. The molecule has 0 spiro atoms. The van der Waals surface area contributed by atoms with Crippen LogP contribution in [0.5, 0.6) is 0 Å². The summed E-state index contributed by atoms with van der Waals surface area (Å²) in [6.07, 6.45) is 2.38. The summed E-state index contributed by atoms with van der Waals surface area (Å²) in [6, 6.07) is 5.69. The monoisotopic (exact) mass is 388 g/mol. The van der Waals surface area contributed by atoms with Crippen molar-refractivity contribution >= 4 is 33.5 Å². The molecule has 0 radical (unpaired) electrons. The molecule has 5 nitrogen and oxygen atoms in total. The van der Waals surface area contributed by atoms with Gasteiger partial charge in [-0.1, -0.05) is 0 Å². The fourth-order valence-electron chi connectivity index (χ4n) is 1.87. The molecule has 0 atom stereocenters. The van der Waals surface area contributed by atoms with E-state index in [0.717, 1.165) is 15.5 Å². The summed E-state index contributed by atoms with van der Waals surface area (Å²) in [7, 11) is 1.64. The number of rotatable bonds is 7. The van der Waals surface area contributed by atoms with Gasteiger partial charge in [-0.2, -0.15) is 0 Å². The molecule has 1 aromatic carbocycles. The van der Waals surface area contributed by atoms with Crippen molar-refractivity contribution in [2.75, 3.05) is 26.9 Å². The zero-order valence-corrected chi connectivity index (χ0v) is 13.5. The average molecular weight is 388 g/mol. The molecule has 0 aliphatic rings. The van der Waals surface area contributed by atoms with Crippen molar-refractivity contribution in [1.29, 1.82) is 0 Å². The Hall–Kier alpha value is -0.990. The SMILES string of the molecule is COCCOCCCn1cnc2ccc(I)cc2c1=O. The Kier molecular flexibility index (Phi) is 5.93. The summed E-state index contributed by atoms with van der Waals surface area (Å²) >= 11 is 2.20. The van der Waals surface area contributed by atoms with E-state index in [1.807, 2.05) is 18.2 Å². The smallest absolute Gasteiger partial charge is 0.261 e. The lowest BCUT2D eigenvalue weighted by atomic mass is 10.2. The standard InChI is InChI=1S/C14H17IN2O3/c1-19-7-8-20-6-2-5-17-10-16-13-4-3-11(15)9-12(13)14(17)18/h3-4,9-10H,2,5-8H2,1H3. The van der Waals surface area contributed by atoms with Gasteiger partial charge in [-0.05, 0) is 47.2 Å². The first-order chi connectivity index (χ1) is 9.72. The van der Waals surface area contributed by atoms with Crippen molar-refractivity contribution in [3.63, 3.8) is 0 Å². The van der Waals surface area contributed by atoms with Crippen LogP contribution in [-0.4, -0.2) is 36.5 Å². The highest BCUT2D eigenvalue weighted by Gasteiger charge is 2.04. The van der Waals surface area contributed by atoms with Gasteiger partial charge in [-0.25, -0.2) is 4.98 Å². The second kappa shape index (κ2) is 7.70. The van der Waals surface area contributed by atoms with E-state index in [2.05, 4.69) is 27.6 Å². The molecule has 108 valence electrons. The zero-order chi connectivity index (χ0) is 14.4. The van der Waals surface area contributed by atoms with E-state index in [1.54, 1.807) is 18.0 Å². The van der Waals surface area contributed by atoms with Gasteiger partial charge >= 0.3 is 0 Å². The number of hydrogen-bond donors (Lipinski definition) is 0. The fraction of sp³-hybridized carbons (Fsp3) is 0.429. The Labute approximate surface area is 131 Å². The van der Waals surface area contributed by atoms with E-state index in [4.69, 9.17) is 9.47 Å². The summed E-state index contributed by atoms with van der Waals surface area (Å²) in [6.45, 7) is 2.40. The van der Waals surface area contributed by atoms with Gasteiger partial charge in [0.1, 0.15) is 0 Å². The number of hydrogen-bond acceptors (Lipinski definition) is 4. The Morgan fingerprint density at radius 2 is 2.15 bits per heavy atom.